The number of anilines is 1. The molecule has 0 saturated heterocycles. The quantitative estimate of drug-likeness (QED) is 0.0291. The van der Waals surface area contributed by atoms with E-state index in [9.17, 15) is 56.7 Å². The zero-order valence-corrected chi connectivity index (χ0v) is 39.7. The van der Waals surface area contributed by atoms with E-state index in [2.05, 4.69) is 11.2 Å². The first-order chi connectivity index (χ1) is 30.2. The second-order valence-corrected chi connectivity index (χ2v) is 22.6. The molecule has 0 spiro atoms. The van der Waals surface area contributed by atoms with Gasteiger partial charge in [0.15, 0.2) is 5.71 Å². The Labute approximate surface area is 381 Å². The lowest BCUT2D eigenvalue weighted by Crippen LogP contribution is -2.31. The number of fused-ring (bicyclic) bond motifs is 2. The highest BCUT2D eigenvalue weighted by molar-refractivity contribution is 7.86. The van der Waals surface area contributed by atoms with Crippen LogP contribution < -0.4 is 10.2 Å². The van der Waals surface area contributed by atoms with Crippen molar-refractivity contribution in [2.75, 3.05) is 37.0 Å². The van der Waals surface area contributed by atoms with E-state index in [0.717, 1.165) is 17.5 Å². The van der Waals surface area contributed by atoms with E-state index >= 15 is 0 Å². The first-order valence-corrected chi connectivity index (χ1v) is 26.7. The van der Waals surface area contributed by atoms with Gasteiger partial charge in [-0.3, -0.25) is 23.0 Å². The van der Waals surface area contributed by atoms with Gasteiger partial charge in [-0.2, -0.15) is 38.2 Å². The summed E-state index contributed by atoms with van der Waals surface area (Å²) < 4.78 is 137. The molecule has 16 nitrogen and oxygen atoms in total. The number of hydrogen-bond donors (Lipinski definition) is 5. The van der Waals surface area contributed by atoms with Crippen LogP contribution >= 0.6 is 0 Å². The average molecular weight is 973 g/mol. The van der Waals surface area contributed by atoms with Crippen molar-refractivity contribution in [1.29, 1.82) is 0 Å². The maximum Gasteiger partial charge on any atom is 0.294 e. The maximum atomic E-state index is 12.3. The largest absolute Gasteiger partial charge is 0.347 e. The predicted molar refractivity (Wildman–Crippen MR) is 249 cm³/mol. The monoisotopic (exact) mass is 972 g/mol. The molecular formula is C45H54N3O13S4+. The molecule has 2 heterocycles. The van der Waals surface area contributed by atoms with Crippen molar-refractivity contribution in [3.63, 3.8) is 0 Å². The number of aryl methyl sites for hydroxylation is 1. The molecular weight excluding hydrogens is 919 g/mol. The molecule has 3 aromatic rings. The van der Waals surface area contributed by atoms with Crippen LogP contribution in [0.1, 0.15) is 81.0 Å². The molecule has 2 aliphatic rings. The number of benzene rings is 3. The molecule has 0 bridgehead atoms. The van der Waals surface area contributed by atoms with Crippen molar-refractivity contribution < 1.29 is 61.3 Å². The summed E-state index contributed by atoms with van der Waals surface area (Å²) >= 11 is 0. The summed E-state index contributed by atoms with van der Waals surface area (Å²) in [6.45, 7) is 3.79. The van der Waals surface area contributed by atoms with E-state index in [0.29, 0.717) is 58.7 Å². The van der Waals surface area contributed by atoms with Crippen molar-refractivity contribution in [3.8, 4) is 12.3 Å². The van der Waals surface area contributed by atoms with Crippen LogP contribution in [0, 0.1) is 12.3 Å². The summed E-state index contributed by atoms with van der Waals surface area (Å²) in [6.07, 6.45) is 15.2. The number of hydrogen-bond acceptors (Lipinski definition) is 10. The average Bonchev–Trinajstić information content (AvgIpc) is 3.55. The number of rotatable bonds is 20. The van der Waals surface area contributed by atoms with E-state index in [1.54, 1.807) is 26.2 Å². The molecule has 20 heteroatoms. The van der Waals surface area contributed by atoms with Crippen LogP contribution in [-0.4, -0.2) is 100 Å². The van der Waals surface area contributed by atoms with Gasteiger partial charge in [-0.25, -0.2) is 0 Å². The van der Waals surface area contributed by atoms with Crippen LogP contribution in [0.25, 0.3) is 5.57 Å². The summed E-state index contributed by atoms with van der Waals surface area (Å²) in [5, 5.41) is 2.65. The summed E-state index contributed by atoms with van der Waals surface area (Å²) in [5.74, 6) is 1.15. The number of amides is 1. The van der Waals surface area contributed by atoms with Gasteiger partial charge in [0.1, 0.15) is 7.05 Å². The molecule has 2 unspecified atom stereocenters. The minimum atomic E-state index is -4.62. The smallest absolute Gasteiger partial charge is 0.294 e. The van der Waals surface area contributed by atoms with E-state index < -0.39 is 62.8 Å². The molecule has 0 saturated carbocycles. The Morgan fingerprint density at radius 1 is 0.785 bits per heavy atom. The zero-order chi connectivity index (χ0) is 48.2. The Morgan fingerprint density at radius 3 is 1.92 bits per heavy atom. The molecule has 65 heavy (non-hydrogen) atoms. The molecule has 0 fully saturated rings. The number of allylic oxidation sites excluding steroid dienone is 6. The number of carbonyl (C=O) groups is 1. The second kappa shape index (κ2) is 19.9. The normalized spacial score (nSPS) is 19.8. The summed E-state index contributed by atoms with van der Waals surface area (Å²) in [7, 11) is -14.4. The Balaban J connectivity index is 1.63. The third-order valence-corrected chi connectivity index (χ3v) is 15.4. The first-order valence-electron chi connectivity index (χ1n) is 20.6. The standard InChI is InChI=1S/C45H53N3O13S4/c1-6-27-46-43(49)12-8-7-11-32-13-15-33(16-14-32)34(17-23-41-44(2,25-9-28-62(50,51)52)37-30-35(64(56,57)58)19-21-39(37)47(41)4)18-24-42-45(3,26-10-29-63(53,54)55)38-31-36(65(59,60)61)20-22-40(38)48(42)5/h1,13-24,30-31H,7-12,25-29H2,2-5H3,(H4-,46,49,50,51,52,53,54,55,56,57,58,59,60,61)/p+1. The highest BCUT2D eigenvalue weighted by Gasteiger charge is 2.47. The molecule has 0 aliphatic carbocycles. The molecule has 2 atom stereocenters. The fourth-order valence-electron chi connectivity index (χ4n) is 8.73. The highest BCUT2D eigenvalue weighted by Crippen LogP contribution is 2.51. The fourth-order valence-corrected chi connectivity index (χ4v) is 10.8. The van der Waals surface area contributed by atoms with Crippen LogP contribution in [0.5, 0.6) is 0 Å². The number of nitrogens with one attached hydrogen (secondary N) is 1. The topological polar surface area (TPSA) is 253 Å². The van der Waals surface area contributed by atoms with Crippen LogP contribution in [0.4, 0.5) is 11.4 Å². The van der Waals surface area contributed by atoms with Crippen molar-refractivity contribution in [2.24, 2.45) is 0 Å². The number of likely N-dealkylation sites (N-methyl/N-ethyl adjacent to an activating group) is 1. The van der Waals surface area contributed by atoms with Crippen LogP contribution in [0.2, 0.25) is 0 Å². The lowest BCUT2D eigenvalue weighted by atomic mass is 9.75. The van der Waals surface area contributed by atoms with Crippen molar-refractivity contribution in [2.45, 2.75) is 85.8 Å². The van der Waals surface area contributed by atoms with Gasteiger partial charge in [0.05, 0.1) is 33.3 Å². The third kappa shape index (κ3) is 12.5. The molecule has 5 rings (SSSR count). The Kier molecular flexibility index (Phi) is 15.6. The molecule has 1 amide bonds. The third-order valence-electron chi connectivity index (χ3n) is 12.1. The Morgan fingerprint density at radius 2 is 1.35 bits per heavy atom. The van der Waals surface area contributed by atoms with E-state index in [1.807, 2.05) is 71.9 Å². The first kappa shape index (κ1) is 51.0. The number of carbonyl (C=O) groups excluding carboxylic acids is 1. The molecule has 0 aromatic heterocycles. The highest BCUT2D eigenvalue weighted by atomic mass is 32.2. The van der Waals surface area contributed by atoms with Crippen molar-refractivity contribution in [3.05, 3.63) is 113 Å². The van der Waals surface area contributed by atoms with Crippen LogP contribution in [0.15, 0.2) is 100 Å². The lowest BCUT2D eigenvalue weighted by molar-refractivity contribution is -0.401. The molecule has 2 aliphatic heterocycles. The minimum absolute atomic E-state index is 0.00421. The van der Waals surface area contributed by atoms with Gasteiger partial charge >= 0.3 is 0 Å². The van der Waals surface area contributed by atoms with Gasteiger partial charge in [-0.1, -0.05) is 36.3 Å². The van der Waals surface area contributed by atoms with Gasteiger partial charge < -0.3 is 10.2 Å². The minimum Gasteiger partial charge on any atom is -0.347 e. The van der Waals surface area contributed by atoms with Gasteiger partial charge in [0.25, 0.3) is 40.5 Å². The lowest BCUT2D eigenvalue weighted by Gasteiger charge is -2.29. The predicted octanol–water partition coefficient (Wildman–Crippen LogP) is 5.90. The van der Waals surface area contributed by atoms with Crippen LogP contribution in [0.3, 0.4) is 0 Å². The van der Waals surface area contributed by atoms with E-state index in [1.165, 1.54) is 24.3 Å². The molecule has 350 valence electrons. The number of unbranched alkanes of at least 4 members (excludes halogenated alkanes) is 1. The Hall–Kier alpha value is -4.98. The molecule has 5 N–H and O–H groups in total. The second-order valence-electron chi connectivity index (χ2n) is 16.6. The molecule has 0 radical (unpaired) electrons. The number of terminal acetylenes is 1. The van der Waals surface area contributed by atoms with Gasteiger partial charge in [-0.15, -0.1) is 6.42 Å². The van der Waals surface area contributed by atoms with E-state index in [-0.39, 0.29) is 47.9 Å². The molecule has 3 aromatic carbocycles. The van der Waals surface area contributed by atoms with E-state index in [4.69, 9.17) is 6.42 Å². The Bertz CT molecular complexity index is 2970. The van der Waals surface area contributed by atoms with Crippen molar-refractivity contribution >= 4 is 69.0 Å². The summed E-state index contributed by atoms with van der Waals surface area (Å²) in [6, 6.07) is 16.1. The van der Waals surface area contributed by atoms with Crippen molar-refractivity contribution in [1.82, 2.24) is 5.32 Å². The van der Waals surface area contributed by atoms with Crippen LogP contribution in [-0.2, 0) is 62.5 Å². The van der Waals surface area contributed by atoms with Gasteiger partial charge in [0, 0.05) is 48.0 Å². The van der Waals surface area contributed by atoms with Gasteiger partial charge in [-0.05, 0) is 124 Å². The number of nitrogens with zero attached hydrogens (tertiary/aromatic N) is 2. The summed E-state index contributed by atoms with van der Waals surface area (Å²) in [5.41, 5.74) is 3.83. The summed E-state index contributed by atoms with van der Waals surface area (Å²) in [4.78, 5) is 13.2. The zero-order valence-electron chi connectivity index (χ0n) is 36.4. The maximum absolute atomic E-state index is 12.3. The SMILES string of the molecule is C#CCNC(=O)CCCCc1ccc(C(=C\C=C2N(C)c3ccc(S(=O)(=O)O)cc3C2(C)CCCS(=O)(=O)O)/C=C/C2=[N+](C)c3ccc(S(=O)(=O)O)cc3C2(C)CCCS(=O)(=O)O)cc1. The fraction of sp³-hybridized carbons (Fsp3) is 0.378. The van der Waals surface area contributed by atoms with Gasteiger partial charge in [0.2, 0.25) is 11.6 Å².